The third-order valence-corrected chi connectivity index (χ3v) is 3.54. The van der Waals surface area contributed by atoms with E-state index in [0.717, 1.165) is 36.5 Å². The largest absolute Gasteiger partial charge is 0.481 e. The SMILES string of the molecule is CCN(CC)Cc1nc2ccccc2n1CCC(=O)O. The molecule has 0 saturated heterocycles. The van der Waals surface area contributed by atoms with Crippen LogP contribution in [0.4, 0.5) is 0 Å². The smallest absolute Gasteiger partial charge is 0.305 e. The average molecular weight is 275 g/mol. The first-order valence-corrected chi connectivity index (χ1v) is 7.04. The summed E-state index contributed by atoms with van der Waals surface area (Å²) in [5, 5.41) is 8.91. The maximum atomic E-state index is 10.8. The third kappa shape index (κ3) is 3.17. The van der Waals surface area contributed by atoms with E-state index in [2.05, 4.69) is 23.7 Å². The van der Waals surface area contributed by atoms with Gasteiger partial charge in [0.1, 0.15) is 5.82 Å². The number of hydrogen-bond acceptors (Lipinski definition) is 3. The molecule has 20 heavy (non-hydrogen) atoms. The maximum Gasteiger partial charge on any atom is 0.305 e. The maximum absolute atomic E-state index is 10.8. The van der Waals surface area contributed by atoms with E-state index < -0.39 is 5.97 Å². The van der Waals surface area contributed by atoms with Crippen LogP contribution in [0.5, 0.6) is 0 Å². The molecule has 0 unspecified atom stereocenters. The first-order chi connectivity index (χ1) is 9.65. The molecule has 1 heterocycles. The Balaban J connectivity index is 2.35. The van der Waals surface area contributed by atoms with Gasteiger partial charge in [0.05, 0.1) is 24.0 Å². The zero-order valence-corrected chi connectivity index (χ0v) is 12.0. The van der Waals surface area contributed by atoms with Crippen LogP contribution in [0.1, 0.15) is 26.1 Å². The Morgan fingerprint density at radius 3 is 2.65 bits per heavy atom. The predicted molar refractivity (Wildman–Crippen MR) is 78.6 cm³/mol. The lowest BCUT2D eigenvalue weighted by molar-refractivity contribution is -0.137. The van der Waals surface area contributed by atoms with Gasteiger partial charge in [-0.1, -0.05) is 26.0 Å². The summed E-state index contributed by atoms with van der Waals surface area (Å²) in [6.07, 6.45) is 0.117. The van der Waals surface area contributed by atoms with E-state index in [-0.39, 0.29) is 6.42 Å². The molecule has 0 fully saturated rings. The molecule has 1 aromatic carbocycles. The van der Waals surface area contributed by atoms with E-state index in [4.69, 9.17) is 5.11 Å². The van der Waals surface area contributed by atoms with E-state index in [9.17, 15) is 4.79 Å². The highest BCUT2D eigenvalue weighted by Crippen LogP contribution is 2.17. The fourth-order valence-corrected chi connectivity index (χ4v) is 2.35. The van der Waals surface area contributed by atoms with Crippen LogP contribution in [0.25, 0.3) is 11.0 Å². The van der Waals surface area contributed by atoms with Gasteiger partial charge in [-0.3, -0.25) is 9.69 Å². The quantitative estimate of drug-likeness (QED) is 0.842. The van der Waals surface area contributed by atoms with E-state index >= 15 is 0 Å². The molecule has 2 rings (SSSR count). The Hall–Kier alpha value is -1.88. The van der Waals surface area contributed by atoms with Crippen molar-refractivity contribution in [2.24, 2.45) is 0 Å². The predicted octanol–water partition coefficient (Wildman–Crippen LogP) is 2.35. The molecule has 0 spiro atoms. The minimum atomic E-state index is -0.781. The van der Waals surface area contributed by atoms with Crippen LogP contribution in [-0.4, -0.2) is 38.6 Å². The van der Waals surface area contributed by atoms with Crippen molar-refractivity contribution in [2.45, 2.75) is 33.4 Å². The first-order valence-electron chi connectivity index (χ1n) is 7.04. The van der Waals surface area contributed by atoms with E-state index in [1.165, 1.54) is 0 Å². The molecule has 0 radical (unpaired) electrons. The first kappa shape index (κ1) is 14.5. The molecule has 0 aliphatic heterocycles. The number of aryl methyl sites for hydroxylation is 1. The van der Waals surface area contributed by atoms with Crippen LogP contribution in [0.3, 0.4) is 0 Å². The number of imidazole rings is 1. The lowest BCUT2D eigenvalue weighted by Gasteiger charge is -2.18. The second-order valence-electron chi connectivity index (χ2n) is 4.77. The van der Waals surface area contributed by atoms with Gasteiger partial charge in [-0.05, 0) is 25.2 Å². The topological polar surface area (TPSA) is 58.4 Å². The number of carboxylic acids is 1. The fraction of sp³-hybridized carbons (Fsp3) is 0.467. The summed E-state index contributed by atoms with van der Waals surface area (Å²) in [5.74, 6) is 0.160. The van der Waals surface area contributed by atoms with E-state index in [0.29, 0.717) is 6.54 Å². The van der Waals surface area contributed by atoms with Crippen LogP contribution >= 0.6 is 0 Å². The number of rotatable bonds is 7. The second-order valence-corrected chi connectivity index (χ2v) is 4.77. The van der Waals surface area contributed by atoms with Crippen LogP contribution in [0, 0.1) is 0 Å². The molecular formula is C15H21N3O2. The van der Waals surface area contributed by atoms with E-state index in [1.807, 2.05) is 28.8 Å². The van der Waals surface area contributed by atoms with Crippen LogP contribution < -0.4 is 0 Å². The molecule has 1 N–H and O–H groups in total. The number of para-hydroxylation sites is 2. The van der Waals surface area contributed by atoms with E-state index in [1.54, 1.807) is 0 Å². The molecule has 5 nitrogen and oxygen atoms in total. The Morgan fingerprint density at radius 2 is 2.00 bits per heavy atom. The van der Waals surface area contributed by atoms with Crippen LogP contribution in [-0.2, 0) is 17.9 Å². The molecule has 1 aromatic heterocycles. The molecular weight excluding hydrogens is 254 g/mol. The van der Waals surface area contributed by atoms with Gasteiger partial charge in [0.2, 0.25) is 0 Å². The fourth-order valence-electron chi connectivity index (χ4n) is 2.35. The number of carbonyl (C=O) groups is 1. The summed E-state index contributed by atoms with van der Waals surface area (Å²) in [6.45, 7) is 7.37. The molecule has 0 saturated carbocycles. The lowest BCUT2D eigenvalue weighted by Crippen LogP contribution is -2.24. The van der Waals surface area contributed by atoms with Crippen molar-refractivity contribution in [3.05, 3.63) is 30.1 Å². The minimum absolute atomic E-state index is 0.117. The summed E-state index contributed by atoms with van der Waals surface area (Å²) in [6, 6.07) is 7.88. The number of aromatic nitrogens is 2. The summed E-state index contributed by atoms with van der Waals surface area (Å²) < 4.78 is 2.03. The monoisotopic (exact) mass is 275 g/mol. The highest BCUT2D eigenvalue weighted by Gasteiger charge is 2.13. The molecule has 108 valence electrons. The highest BCUT2D eigenvalue weighted by atomic mass is 16.4. The summed E-state index contributed by atoms with van der Waals surface area (Å²) in [7, 11) is 0. The van der Waals surface area contributed by atoms with Gasteiger partial charge in [-0.25, -0.2) is 4.98 Å². The Labute approximate surface area is 118 Å². The minimum Gasteiger partial charge on any atom is -0.481 e. The van der Waals surface area contributed by atoms with Crippen LogP contribution in [0.2, 0.25) is 0 Å². The summed E-state index contributed by atoms with van der Waals surface area (Å²) in [5.41, 5.74) is 1.94. The Kier molecular flexibility index (Phi) is 4.74. The Bertz CT molecular complexity index is 588. The summed E-state index contributed by atoms with van der Waals surface area (Å²) in [4.78, 5) is 17.8. The third-order valence-electron chi connectivity index (χ3n) is 3.54. The number of nitrogens with zero attached hydrogens (tertiary/aromatic N) is 3. The molecule has 0 bridgehead atoms. The van der Waals surface area contributed by atoms with Gasteiger partial charge in [0.25, 0.3) is 0 Å². The van der Waals surface area contributed by atoms with Crippen LogP contribution in [0.15, 0.2) is 24.3 Å². The van der Waals surface area contributed by atoms with Crippen molar-refractivity contribution in [2.75, 3.05) is 13.1 Å². The molecule has 0 amide bonds. The second kappa shape index (κ2) is 6.52. The number of aliphatic carboxylic acids is 1. The van der Waals surface area contributed by atoms with Gasteiger partial charge in [0.15, 0.2) is 0 Å². The van der Waals surface area contributed by atoms with Gasteiger partial charge < -0.3 is 9.67 Å². The molecule has 0 aliphatic carbocycles. The molecule has 2 aromatic rings. The standard InChI is InChI=1S/C15H21N3O2/c1-3-17(4-2)11-14-16-12-7-5-6-8-13(12)18(14)10-9-15(19)20/h5-8H,3-4,9-11H2,1-2H3,(H,19,20). The average Bonchev–Trinajstić information content (AvgIpc) is 2.79. The molecule has 5 heteroatoms. The summed E-state index contributed by atoms with van der Waals surface area (Å²) >= 11 is 0. The molecule has 0 aliphatic rings. The van der Waals surface area contributed by atoms with Crippen molar-refractivity contribution in [1.82, 2.24) is 14.5 Å². The van der Waals surface area contributed by atoms with Crippen molar-refractivity contribution in [3.63, 3.8) is 0 Å². The van der Waals surface area contributed by atoms with Gasteiger partial charge in [0, 0.05) is 6.54 Å². The van der Waals surface area contributed by atoms with Gasteiger partial charge >= 0.3 is 5.97 Å². The number of fused-ring (bicyclic) bond motifs is 1. The molecule has 0 atom stereocenters. The Morgan fingerprint density at radius 1 is 1.30 bits per heavy atom. The van der Waals surface area contributed by atoms with Crippen molar-refractivity contribution < 1.29 is 9.90 Å². The normalized spacial score (nSPS) is 11.3. The van der Waals surface area contributed by atoms with Crippen molar-refractivity contribution >= 4 is 17.0 Å². The highest BCUT2D eigenvalue weighted by molar-refractivity contribution is 5.76. The van der Waals surface area contributed by atoms with Crippen molar-refractivity contribution in [3.8, 4) is 0 Å². The number of hydrogen-bond donors (Lipinski definition) is 1. The number of carboxylic acid groups (broad SMARTS) is 1. The van der Waals surface area contributed by atoms with Gasteiger partial charge in [-0.2, -0.15) is 0 Å². The number of benzene rings is 1. The zero-order chi connectivity index (χ0) is 14.5. The lowest BCUT2D eigenvalue weighted by atomic mass is 10.3. The zero-order valence-electron chi connectivity index (χ0n) is 12.0. The van der Waals surface area contributed by atoms with Crippen molar-refractivity contribution in [1.29, 1.82) is 0 Å². The van der Waals surface area contributed by atoms with Gasteiger partial charge in [-0.15, -0.1) is 0 Å².